The second-order valence-electron chi connectivity index (χ2n) is 4.84. The number of carbonyl (C=O) groups excluding carboxylic acids is 1. The van der Waals surface area contributed by atoms with Crippen LogP contribution in [0.1, 0.15) is 32.6 Å². The van der Waals surface area contributed by atoms with E-state index in [4.69, 9.17) is 9.47 Å². The van der Waals surface area contributed by atoms with Crippen molar-refractivity contribution in [3.05, 3.63) is 0 Å². The van der Waals surface area contributed by atoms with E-state index >= 15 is 0 Å². The highest BCUT2D eigenvalue weighted by atomic mass is 16.5. The Morgan fingerprint density at radius 1 is 1.53 bits per heavy atom. The molecule has 0 amide bonds. The van der Waals surface area contributed by atoms with Crippen LogP contribution in [0.3, 0.4) is 0 Å². The van der Waals surface area contributed by atoms with Crippen LogP contribution in [0, 0.1) is 17.3 Å². The molecule has 0 bridgehead atoms. The van der Waals surface area contributed by atoms with E-state index in [1.54, 1.807) is 0 Å². The van der Waals surface area contributed by atoms with Crippen molar-refractivity contribution in [3.8, 4) is 0 Å². The van der Waals surface area contributed by atoms with Gasteiger partial charge in [0.05, 0.1) is 26.2 Å². The summed E-state index contributed by atoms with van der Waals surface area (Å²) in [5, 5.41) is 0. The molecule has 2 aliphatic rings. The Kier molecular flexibility index (Phi) is 3.01. The van der Waals surface area contributed by atoms with Gasteiger partial charge < -0.3 is 9.47 Å². The van der Waals surface area contributed by atoms with Gasteiger partial charge in [0.2, 0.25) is 0 Å². The summed E-state index contributed by atoms with van der Waals surface area (Å²) in [5.41, 5.74) is 0.111. The Morgan fingerprint density at radius 3 is 2.47 bits per heavy atom. The molecule has 3 nitrogen and oxygen atoms in total. The lowest BCUT2D eigenvalue weighted by Crippen LogP contribution is -2.57. The van der Waals surface area contributed by atoms with Crippen molar-refractivity contribution in [2.75, 3.05) is 20.3 Å². The molecule has 1 saturated carbocycles. The van der Waals surface area contributed by atoms with E-state index in [2.05, 4.69) is 6.92 Å². The van der Waals surface area contributed by atoms with E-state index < -0.39 is 0 Å². The third-order valence-electron chi connectivity index (χ3n) is 4.25. The molecular formula is C12H20O3. The predicted octanol–water partition coefficient (Wildman–Crippen LogP) is 2.00. The van der Waals surface area contributed by atoms with Crippen LogP contribution in [0.4, 0.5) is 0 Å². The third kappa shape index (κ3) is 1.57. The molecule has 1 heterocycles. The SMILES string of the molecule is CCC(C(=O)OC)C1(C2CCC2)COC1. The third-order valence-corrected chi connectivity index (χ3v) is 4.25. The summed E-state index contributed by atoms with van der Waals surface area (Å²) in [6, 6.07) is 0. The minimum absolute atomic E-state index is 0.0431. The molecule has 1 atom stereocenters. The molecule has 0 aromatic rings. The zero-order valence-electron chi connectivity index (χ0n) is 9.62. The van der Waals surface area contributed by atoms with Crippen LogP contribution in [0.25, 0.3) is 0 Å². The molecule has 2 fully saturated rings. The van der Waals surface area contributed by atoms with Crippen molar-refractivity contribution in [2.45, 2.75) is 32.6 Å². The van der Waals surface area contributed by atoms with Gasteiger partial charge in [0, 0.05) is 5.41 Å². The average molecular weight is 212 g/mol. The van der Waals surface area contributed by atoms with Gasteiger partial charge in [-0.1, -0.05) is 13.3 Å². The van der Waals surface area contributed by atoms with Gasteiger partial charge in [0.15, 0.2) is 0 Å². The molecule has 2 rings (SSSR count). The van der Waals surface area contributed by atoms with Crippen molar-refractivity contribution in [1.29, 1.82) is 0 Å². The highest BCUT2D eigenvalue weighted by Crippen LogP contribution is 2.52. The normalized spacial score (nSPS) is 26.3. The summed E-state index contributed by atoms with van der Waals surface area (Å²) in [5.74, 6) is 0.685. The van der Waals surface area contributed by atoms with Gasteiger partial charge in [-0.15, -0.1) is 0 Å². The van der Waals surface area contributed by atoms with Gasteiger partial charge in [0.1, 0.15) is 0 Å². The molecule has 3 heteroatoms. The number of carbonyl (C=O) groups is 1. The van der Waals surface area contributed by atoms with Crippen LogP contribution in [0.15, 0.2) is 0 Å². The van der Waals surface area contributed by atoms with Crippen LogP contribution >= 0.6 is 0 Å². The standard InChI is InChI=1S/C12H20O3/c1-3-10(11(13)14-2)12(7-15-8-12)9-5-4-6-9/h9-10H,3-8H2,1-2H3. The highest BCUT2D eigenvalue weighted by Gasteiger charge is 2.54. The number of hydrogen-bond donors (Lipinski definition) is 0. The van der Waals surface area contributed by atoms with Gasteiger partial charge in [-0.25, -0.2) is 0 Å². The van der Waals surface area contributed by atoms with E-state index in [1.807, 2.05) is 0 Å². The quantitative estimate of drug-likeness (QED) is 0.669. The molecule has 1 aliphatic heterocycles. The first-order valence-electron chi connectivity index (χ1n) is 5.90. The second-order valence-corrected chi connectivity index (χ2v) is 4.84. The zero-order valence-corrected chi connectivity index (χ0v) is 9.62. The van der Waals surface area contributed by atoms with Crippen LogP contribution in [0.5, 0.6) is 0 Å². The number of esters is 1. The molecule has 15 heavy (non-hydrogen) atoms. The van der Waals surface area contributed by atoms with Crippen molar-refractivity contribution < 1.29 is 14.3 Å². The van der Waals surface area contributed by atoms with Crippen LogP contribution < -0.4 is 0 Å². The Balaban J connectivity index is 2.11. The summed E-state index contributed by atoms with van der Waals surface area (Å²) < 4.78 is 10.3. The van der Waals surface area contributed by atoms with E-state index in [1.165, 1.54) is 26.4 Å². The molecule has 0 radical (unpaired) electrons. The molecule has 0 N–H and O–H groups in total. The summed E-state index contributed by atoms with van der Waals surface area (Å²) in [6.07, 6.45) is 4.70. The minimum Gasteiger partial charge on any atom is -0.469 e. The van der Waals surface area contributed by atoms with E-state index in [-0.39, 0.29) is 17.3 Å². The molecule has 1 saturated heterocycles. The number of ether oxygens (including phenoxy) is 2. The maximum absolute atomic E-state index is 11.7. The highest BCUT2D eigenvalue weighted by molar-refractivity contribution is 5.73. The molecule has 0 aromatic heterocycles. The van der Waals surface area contributed by atoms with E-state index in [0.29, 0.717) is 5.92 Å². The molecule has 0 aromatic carbocycles. The van der Waals surface area contributed by atoms with Crippen LogP contribution in [-0.4, -0.2) is 26.3 Å². The minimum atomic E-state index is -0.0484. The monoisotopic (exact) mass is 212 g/mol. The number of hydrogen-bond acceptors (Lipinski definition) is 3. The van der Waals surface area contributed by atoms with Gasteiger partial charge in [-0.2, -0.15) is 0 Å². The van der Waals surface area contributed by atoms with Gasteiger partial charge in [-0.3, -0.25) is 4.79 Å². The predicted molar refractivity (Wildman–Crippen MR) is 56.4 cm³/mol. The first kappa shape index (κ1) is 10.9. The van der Waals surface area contributed by atoms with Crippen molar-refractivity contribution in [3.63, 3.8) is 0 Å². The Hall–Kier alpha value is -0.570. The van der Waals surface area contributed by atoms with Gasteiger partial charge in [0.25, 0.3) is 0 Å². The largest absolute Gasteiger partial charge is 0.469 e. The maximum atomic E-state index is 11.7. The fraction of sp³-hybridized carbons (Fsp3) is 0.917. The van der Waals surface area contributed by atoms with E-state index in [0.717, 1.165) is 19.6 Å². The average Bonchev–Trinajstić information content (AvgIpc) is 2.11. The molecule has 0 spiro atoms. The Labute approximate surface area is 91.1 Å². The topological polar surface area (TPSA) is 35.5 Å². The number of rotatable bonds is 4. The molecule has 86 valence electrons. The molecule has 1 aliphatic carbocycles. The fourth-order valence-electron chi connectivity index (χ4n) is 2.99. The van der Waals surface area contributed by atoms with Crippen LogP contribution in [-0.2, 0) is 14.3 Å². The fourth-order valence-corrected chi connectivity index (χ4v) is 2.99. The van der Waals surface area contributed by atoms with Crippen molar-refractivity contribution >= 4 is 5.97 Å². The van der Waals surface area contributed by atoms with Gasteiger partial charge in [-0.05, 0) is 25.2 Å². The summed E-state index contributed by atoms with van der Waals surface area (Å²) in [7, 11) is 1.49. The van der Waals surface area contributed by atoms with Crippen molar-refractivity contribution in [1.82, 2.24) is 0 Å². The first-order valence-corrected chi connectivity index (χ1v) is 5.90. The lowest BCUT2D eigenvalue weighted by Gasteiger charge is -2.54. The number of methoxy groups -OCH3 is 1. The molecular weight excluding hydrogens is 192 g/mol. The smallest absolute Gasteiger partial charge is 0.309 e. The summed E-state index contributed by atoms with van der Waals surface area (Å²) in [4.78, 5) is 11.7. The van der Waals surface area contributed by atoms with Gasteiger partial charge >= 0.3 is 5.97 Å². The zero-order chi connectivity index (χ0) is 10.9. The lowest BCUT2D eigenvalue weighted by molar-refractivity contribution is -0.206. The van der Waals surface area contributed by atoms with Crippen molar-refractivity contribution in [2.24, 2.45) is 17.3 Å². The first-order chi connectivity index (χ1) is 7.24. The molecule has 1 unspecified atom stereocenters. The Bertz CT molecular complexity index is 241. The van der Waals surface area contributed by atoms with Crippen LogP contribution in [0.2, 0.25) is 0 Å². The summed E-state index contributed by atoms with van der Waals surface area (Å²) in [6.45, 7) is 3.58. The maximum Gasteiger partial charge on any atom is 0.309 e. The summed E-state index contributed by atoms with van der Waals surface area (Å²) >= 11 is 0. The van der Waals surface area contributed by atoms with E-state index in [9.17, 15) is 4.79 Å². The second kappa shape index (κ2) is 4.12. The Morgan fingerprint density at radius 2 is 2.20 bits per heavy atom. The lowest BCUT2D eigenvalue weighted by atomic mass is 9.57.